The highest BCUT2D eigenvalue weighted by molar-refractivity contribution is 6.03. The van der Waals surface area contributed by atoms with Gasteiger partial charge in [-0.25, -0.2) is 4.39 Å². The molecule has 0 atom stereocenters. The van der Waals surface area contributed by atoms with Crippen LogP contribution in [0, 0.1) is 5.82 Å². The summed E-state index contributed by atoms with van der Waals surface area (Å²) in [4.78, 5) is 21.9. The molecule has 1 aromatic rings. The summed E-state index contributed by atoms with van der Waals surface area (Å²) >= 11 is 0. The van der Waals surface area contributed by atoms with Gasteiger partial charge in [0.05, 0.1) is 5.69 Å². The fourth-order valence-electron chi connectivity index (χ4n) is 1.98. The van der Waals surface area contributed by atoms with Crippen molar-refractivity contribution < 1.29 is 14.0 Å². The molecule has 96 valence electrons. The molecule has 0 unspecified atom stereocenters. The highest BCUT2D eigenvalue weighted by atomic mass is 19.1. The number of nitrogens with two attached hydrogens (primary N) is 1. The number of carbonyl (C=O) groups is 2. The lowest BCUT2D eigenvalue weighted by atomic mass is 9.99. The van der Waals surface area contributed by atoms with Gasteiger partial charge in [0.1, 0.15) is 12.2 Å². The summed E-state index contributed by atoms with van der Waals surface area (Å²) in [7, 11) is 0. The molecule has 1 aromatic carbocycles. The number of nitrogens with one attached hydrogen (secondary N) is 2. The van der Waals surface area contributed by atoms with Gasteiger partial charge < -0.3 is 16.4 Å². The molecule has 1 aliphatic rings. The third-order valence-electron chi connectivity index (χ3n) is 2.82. The van der Waals surface area contributed by atoms with Crippen LogP contribution in [-0.2, 0) is 22.6 Å². The predicted octanol–water partition coefficient (Wildman–Crippen LogP) is 0.285. The maximum Gasteiger partial charge on any atom is 0.233 e. The smallest absolute Gasteiger partial charge is 0.233 e. The standard InChI is InChI=1S/C12H14FN3O2/c13-12-8-3-4-15-6-7(8)1-2-9(12)16-11(18)5-10(14)17/h1-2,15H,3-6H2,(H2,14,17)(H,16,18). The molecule has 0 aliphatic carbocycles. The molecule has 6 heteroatoms. The average molecular weight is 251 g/mol. The van der Waals surface area contributed by atoms with Crippen LogP contribution in [0.3, 0.4) is 0 Å². The number of rotatable bonds is 3. The van der Waals surface area contributed by atoms with Gasteiger partial charge in [0.2, 0.25) is 11.8 Å². The first-order valence-electron chi connectivity index (χ1n) is 5.67. The van der Waals surface area contributed by atoms with Gasteiger partial charge in [-0.1, -0.05) is 6.07 Å². The fourth-order valence-corrected chi connectivity index (χ4v) is 1.98. The minimum absolute atomic E-state index is 0.0990. The average Bonchev–Trinajstić information content (AvgIpc) is 2.32. The first-order valence-corrected chi connectivity index (χ1v) is 5.67. The lowest BCUT2D eigenvalue weighted by Gasteiger charge is -2.19. The van der Waals surface area contributed by atoms with Crippen molar-refractivity contribution in [1.82, 2.24) is 5.32 Å². The van der Waals surface area contributed by atoms with Gasteiger partial charge in [-0.2, -0.15) is 0 Å². The van der Waals surface area contributed by atoms with Crippen LogP contribution in [0.25, 0.3) is 0 Å². The van der Waals surface area contributed by atoms with E-state index in [9.17, 15) is 14.0 Å². The summed E-state index contributed by atoms with van der Waals surface area (Å²) in [6, 6.07) is 3.27. The molecule has 4 N–H and O–H groups in total. The van der Waals surface area contributed by atoms with E-state index < -0.39 is 24.1 Å². The maximum absolute atomic E-state index is 14.1. The molecule has 18 heavy (non-hydrogen) atoms. The van der Waals surface area contributed by atoms with Crippen LogP contribution >= 0.6 is 0 Å². The van der Waals surface area contributed by atoms with Crippen molar-refractivity contribution in [2.24, 2.45) is 5.73 Å². The zero-order valence-corrected chi connectivity index (χ0v) is 9.75. The van der Waals surface area contributed by atoms with Crippen molar-refractivity contribution in [2.45, 2.75) is 19.4 Å². The highest BCUT2D eigenvalue weighted by Crippen LogP contribution is 2.24. The van der Waals surface area contributed by atoms with Crippen molar-refractivity contribution in [3.05, 3.63) is 29.1 Å². The first-order chi connectivity index (χ1) is 8.58. The molecular weight excluding hydrogens is 237 g/mol. The molecule has 1 aliphatic heterocycles. The Morgan fingerprint density at radius 2 is 2.22 bits per heavy atom. The molecule has 5 nitrogen and oxygen atoms in total. The SMILES string of the molecule is NC(=O)CC(=O)Nc1ccc2c(c1F)CCNC2. The number of amides is 2. The zero-order valence-electron chi connectivity index (χ0n) is 9.75. The minimum atomic E-state index is -0.741. The van der Waals surface area contributed by atoms with E-state index in [1.54, 1.807) is 6.07 Å². The van der Waals surface area contributed by atoms with E-state index in [0.29, 0.717) is 25.1 Å². The minimum Gasteiger partial charge on any atom is -0.369 e. The summed E-state index contributed by atoms with van der Waals surface area (Å²) in [5.74, 6) is -1.77. The van der Waals surface area contributed by atoms with E-state index in [1.807, 2.05) is 0 Å². The zero-order chi connectivity index (χ0) is 13.1. The number of carbonyl (C=O) groups excluding carboxylic acids is 2. The van der Waals surface area contributed by atoms with Gasteiger partial charge in [0.25, 0.3) is 0 Å². The number of halogens is 1. The van der Waals surface area contributed by atoms with E-state index in [1.165, 1.54) is 6.07 Å². The molecule has 0 radical (unpaired) electrons. The Morgan fingerprint density at radius 3 is 2.94 bits per heavy atom. The van der Waals surface area contributed by atoms with E-state index >= 15 is 0 Å². The fraction of sp³-hybridized carbons (Fsp3) is 0.333. The molecule has 0 spiro atoms. The summed E-state index contributed by atoms with van der Waals surface area (Å²) < 4.78 is 14.1. The highest BCUT2D eigenvalue weighted by Gasteiger charge is 2.17. The van der Waals surface area contributed by atoms with Crippen LogP contribution < -0.4 is 16.4 Å². The number of fused-ring (bicyclic) bond motifs is 1. The predicted molar refractivity (Wildman–Crippen MR) is 64.3 cm³/mol. The number of hydrogen-bond donors (Lipinski definition) is 3. The molecule has 0 fully saturated rings. The summed E-state index contributed by atoms with van der Waals surface area (Å²) in [6.45, 7) is 1.34. The normalized spacial score (nSPS) is 13.8. The second-order valence-electron chi connectivity index (χ2n) is 4.18. The Morgan fingerprint density at radius 1 is 1.44 bits per heavy atom. The van der Waals surface area contributed by atoms with E-state index in [2.05, 4.69) is 10.6 Å². The Kier molecular flexibility index (Phi) is 3.57. The first kappa shape index (κ1) is 12.5. The van der Waals surface area contributed by atoms with E-state index in [0.717, 1.165) is 5.56 Å². The Hall–Kier alpha value is -1.95. The van der Waals surface area contributed by atoms with Crippen molar-refractivity contribution >= 4 is 17.5 Å². The maximum atomic E-state index is 14.1. The quantitative estimate of drug-likeness (QED) is 0.675. The number of benzene rings is 1. The molecule has 0 aromatic heterocycles. The van der Waals surface area contributed by atoms with Gasteiger partial charge in [-0.05, 0) is 30.2 Å². The van der Waals surface area contributed by atoms with E-state index in [-0.39, 0.29) is 5.69 Å². The van der Waals surface area contributed by atoms with Crippen molar-refractivity contribution in [1.29, 1.82) is 0 Å². The van der Waals surface area contributed by atoms with Crippen LogP contribution in [0.15, 0.2) is 12.1 Å². The molecule has 2 amide bonds. The second-order valence-corrected chi connectivity index (χ2v) is 4.18. The van der Waals surface area contributed by atoms with Gasteiger partial charge in [0.15, 0.2) is 0 Å². The third kappa shape index (κ3) is 2.65. The molecular formula is C12H14FN3O2. The van der Waals surface area contributed by atoms with Crippen LogP contribution in [0.2, 0.25) is 0 Å². The lowest BCUT2D eigenvalue weighted by molar-refractivity contribution is -0.124. The van der Waals surface area contributed by atoms with Gasteiger partial charge in [-0.3, -0.25) is 9.59 Å². The van der Waals surface area contributed by atoms with Crippen molar-refractivity contribution in [2.75, 3.05) is 11.9 Å². The molecule has 2 rings (SSSR count). The number of hydrogen-bond acceptors (Lipinski definition) is 3. The van der Waals surface area contributed by atoms with Crippen molar-refractivity contribution in [3.63, 3.8) is 0 Å². The van der Waals surface area contributed by atoms with Crippen LogP contribution in [0.5, 0.6) is 0 Å². The number of primary amides is 1. The topological polar surface area (TPSA) is 84.2 Å². The summed E-state index contributed by atoms with van der Waals surface area (Å²) in [5, 5.41) is 5.50. The van der Waals surface area contributed by atoms with Gasteiger partial charge in [-0.15, -0.1) is 0 Å². The molecule has 0 bridgehead atoms. The Bertz CT molecular complexity index is 502. The van der Waals surface area contributed by atoms with Crippen LogP contribution in [0.1, 0.15) is 17.5 Å². The lowest BCUT2D eigenvalue weighted by Crippen LogP contribution is -2.26. The van der Waals surface area contributed by atoms with Gasteiger partial charge in [0, 0.05) is 6.54 Å². The van der Waals surface area contributed by atoms with Crippen molar-refractivity contribution in [3.8, 4) is 0 Å². The number of anilines is 1. The molecule has 1 heterocycles. The second kappa shape index (κ2) is 5.14. The molecule has 0 saturated carbocycles. The third-order valence-corrected chi connectivity index (χ3v) is 2.82. The summed E-state index contributed by atoms with van der Waals surface area (Å²) in [6.07, 6.45) is 0.138. The van der Waals surface area contributed by atoms with Crippen LogP contribution in [-0.4, -0.2) is 18.4 Å². The largest absolute Gasteiger partial charge is 0.369 e. The van der Waals surface area contributed by atoms with Gasteiger partial charge >= 0.3 is 0 Å². The Balaban J connectivity index is 2.19. The summed E-state index contributed by atoms with van der Waals surface area (Å²) in [5.41, 5.74) is 6.50. The Labute approximate surface area is 104 Å². The van der Waals surface area contributed by atoms with Crippen LogP contribution in [0.4, 0.5) is 10.1 Å². The monoisotopic (exact) mass is 251 g/mol. The molecule has 0 saturated heterocycles. The van der Waals surface area contributed by atoms with E-state index in [4.69, 9.17) is 5.73 Å².